The topological polar surface area (TPSA) is 30.7 Å². The van der Waals surface area contributed by atoms with Gasteiger partial charge >= 0.3 is 297 Å². The van der Waals surface area contributed by atoms with Crippen LogP contribution in [0.15, 0.2) is 131 Å². The monoisotopic (exact) mass is 821 g/mol. The van der Waals surface area contributed by atoms with Crippen molar-refractivity contribution in [2.24, 2.45) is 7.05 Å². The average molecular weight is 820 g/mol. The number of fused-ring (bicyclic) bond motifs is 1. The van der Waals surface area contributed by atoms with Crippen LogP contribution < -0.4 is 15.9 Å². The molecule has 5 aromatic rings. The van der Waals surface area contributed by atoms with E-state index in [-0.39, 0.29) is 0 Å². The van der Waals surface area contributed by atoms with E-state index >= 15 is 0 Å². The third kappa shape index (κ3) is 6.16. The Bertz CT molecular complexity index is 2110. The molecule has 1 aliphatic rings. The zero-order valence-corrected chi connectivity index (χ0v) is 31.7. The Kier molecular flexibility index (Phi) is 10.4. The molecule has 0 saturated heterocycles. The van der Waals surface area contributed by atoms with Crippen LogP contribution in [0.5, 0.6) is 0 Å². The molecular weight excluding hydrogens is 780 g/mol. The van der Waals surface area contributed by atoms with Crippen LogP contribution in [0.4, 0.5) is 0 Å². The molecule has 0 N–H and O–H groups in total. The molecule has 0 radical (unpaired) electrons. The van der Waals surface area contributed by atoms with E-state index < -0.39 is 7.26 Å². The van der Waals surface area contributed by atoms with Gasteiger partial charge in [-0.2, -0.15) is 0 Å². The third-order valence-electron chi connectivity index (χ3n) is 9.28. The molecule has 0 unspecified atom stereocenters. The summed E-state index contributed by atoms with van der Waals surface area (Å²) in [6.07, 6.45) is 12.1. The van der Waals surface area contributed by atoms with E-state index in [9.17, 15) is 0 Å². The number of hydrogen-bond acceptors (Lipinski definition) is 2. The van der Waals surface area contributed by atoms with Crippen molar-refractivity contribution in [3.63, 3.8) is 0 Å². The summed E-state index contributed by atoms with van der Waals surface area (Å²) in [6, 6.07) is 33.0. The van der Waals surface area contributed by atoms with E-state index in [4.69, 9.17) is 10.2 Å². The van der Waals surface area contributed by atoms with Crippen LogP contribution in [-0.4, -0.2) is 15.0 Å². The summed E-state index contributed by atoms with van der Waals surface area (Å²) in [6.45, 7) is 8.52. The van der Waals surface area contributed by atoms with Gasteiger partial charge in [0.25, 0.3) is 0 Å². The van der Waals surface area contributed by atoms with Crippen LogP contribution >= 0.6 is 7.26 Å². The molecule has 3 nitrogen and oxygen atoms in total. The first-order valence-electron chi connectivity index (χ1n) is 16.4. The zero-order chi connectivity index (χ0) is 33.7. The summed E-state index contributed by atoms with van der Waals surface area (Å²) in [5, 5.41) is 14.6. The number of rotatable bonds is 6. The van der Waals surface area contributed by atoms with Crippen LogP contribution in [0.2, 0.25) is 0 Å². The quantitative estimate of drug-likeness (QED) is 0.127. The second-order valence-electron chi connectivity index (χ2n) is 12.0. The maximum absolute atomic E-state index is 4.84. The van der Waals surface area contributed by atoms with E-state index in [1.807, 2.05) is 14.0 Å². The molecule has 6 rings (SSSR count). The van der Waals surface area contributed by atoms with Gasteiger partial charge in [-0.1, -0.05) is 0 Å². The van der Waals surface area contributed by atoms with Crippen molar-refractivity contribution in [2.75, 3.05) is 0 Å². The van der Waals surface area contributed by atoms with Gasteiger partial charge in [-0.05, 0) is 0 Å². The molecule has 0 atom stereocenters. The van der Waals surface area contributed by atoms with Gasteiger partial charge in [-0.25, -0.2) is 0 Å². The average Bonchev–Trinajstić information content (AvgIpc) is 3.75. The summed E-state index contributed by atoms with van der Waals surface area (Å²) >= 11 is 1.80. The summed E-state index contributed by atoms with van der Waals surface area (Å²) in [7, 11) is -0.557. The van der Waals surface area contributed by atoms with Gasteiger partial charge in [-0.15, -0.1) is 0 Å². The molecule has 4 aromatic carbocycles. The van der Waals surface area contributed by atoms with E-state index in [0.29, 0.717) is 0 Å². The predicted octanol–water partition coefficient (Wildman–Crippen LogP) is 8.78. The minimum atomic E-state index is -2.44. The normalized spacial score (nSPS) is 15.5. The summed E-state index contributed by atoms with van der Waals surface area (Å²) in [5.41, 5.74) is 9.85. The molecule has 5 heteroatoms. The second kappa shape index (κ2) is 14.8. The maximum atomic E-state index is 4.84. The van der Waals surface area contributed by atoms with Gasteiger partial charge < -0.3 is 0 Å². The third-order valence-corrected chi connectivity index (χ3v) is 14.7. The second-order valence-corrected chi connectivity index (χ2v) is 16.0. The van der Waals surface area contributed by atoms with Crippen LogP contribution in [0.3, 0.4) is 0 Å². The molecule has 239 valence electrons. The fourth-order valence-corrected chi connectivity index (χ4v) is 12.6. The van der Waals surface area contributed by atoms with Gasteiger partial charge in [0.2, 0.25) is 0 Å². The standard InChI is InChI=1S/C43H40N3P.Os/c1-7-19-40-31(3)32(4)41(43-42(40)44-46(6)45-43)29-28-35(30-36-21-18-20-34(36)8-2)33(5)47(37-22-12-9-13-23-37,38-24-14-10-15-25-38)39-26-16-11-17-27-39;/h7-17,19,22-27,30H,18,20-21H2,1-4,6H3;/q+1;/b19-7+,34-8?,35-33?,36-30?;. The Morgan fingerprint density at radius 3 is 1.83 bits per heavy atom. The Morgan fingerprint density at radius 2 is 1.31 bits per heavy atom. The fraction of sp³-hybridized carbons (Fsp3) is 0.186. The van der Waals surface area contributed by atoms with E-state index in [0.717, 1.165) is 57.9 Å². The summed E-state index contributed by atoms with van der Waals surface area (Å²) in [4.78, 5) is 1.66. The van der Waals surface area contributed by atoms with Gasteiger partial charge in [0.05, 0.1) is 0 Å². The molecule has 48 heavy (non-hydrogen) atoms. The molecule has 0 spiro atoms. The Hall–Kier alpha value is -4.35. The van der Waals surface area contributed by atoms with Crippen LogP contribution in [0.1, 0.15) is 55.4 Å². The van der Waals surface area contributed by atoms with Crippen molar-refractivity contribution >= 4 is 40.3 Å². The van der Waals surface area contributed by atoms with E-state index in [1.165, 1.54) is 32.6 Å². The van der Waals surface area contributed by atoms with Gasteiger partial charge in [-0.3, -0.25) is 0 Å². The van der Waals surface area contributed by atoms with Crippen molar-refractivity contribution in [1.29, 1.82) is 0 Å². The SMILES string of the molecule is CC=C1CCCC1=CC(C#Cc1c(C)c(C)c(/C=C/C)c2nn(C)nc12)=C([C]#[Os])[P+](c1ccccc1)(c1ccccc1)c1ccccc1. The fourth-order valence-electron chi connectivity index (χ4n) is 6.85. The number of allylic oxidation sites excluding steroid dienone is 7. The van der Waals surface area contributed by atoms with Gasteiger partial charge in [0, 0.05) is 0 Å². The van der Waals surface area contributed by atoms with Crippen molar-refractivity contribution in [2.45, 2.75) is 47.0 Å². The van der Waals surface area contributed by atoms with Crippen molar-refractivity contribution < 1.29 is 17.9 Å². The minimum absolute atomic E-state index is 0.839. The molecule has 1 aliphatic carbocycles. The molecule has 0 bridgehead atoms. The molecule has 0 aliphatic heterocycles. The van der Waals surface area contributed by atoms with Crippen LogP contribution in [0.25, 0.3) is 17.1 Å². The Morgan fingerprint density at radius 1 is 0.771 bits per heavy atom. The molecular formula is C43H40N3OsP+. The first-order chi connectivity index (χ1) is 23.4. The van der Waals surface area contributed by atoms with Crippen molar-refractivity contribution in [3.05, 3.63) is 154 Å². The molecule has 1 aromatic heterocycles. The van der Waals surface area contributed by atoms with Crippen molar-refractivity contribution in [3.8, 4) is 16.2 Å². The Labute approximate surface area is 295 Å². The molecule has 1 fully saturated rings. The van der Waals surface area contributed by atoms with Gasteiger partial charge in [0.15, 0.2) is 0 Å². The van der Waals surface area contributed by atoms with Crippen LogP contribution in [0, 0.1) is 30.1 Å². The summed E-state index contributed by atoms with van der Waals surface area (Å²) < 4.78 is 3.82. The predicted molar refractivity (Wildman–Crippen MR) is 201 cm³/mol. The first kappa shape index (κ1) is 33.5. The molecule has 1 heterocycles. The first-order valence-corrected chi connectivity index (χ1v) is 19.5. The van der Waals surface area contributed by atoms with Gasteiger partial charge in [0.1, 0.15) is 0 Å². The van der Waals surface area contributed by atoms with E-state index in [2.05, 4.69) is 152 Å². The van der Waals surface area contributed by atoms with Crippen LogP contribution in [-0.2, 0) is 25.0 Å². The number of aryl methyl sites for hydroxylation is 1. The molecule has 0 amide bonds. The number of nitrogens with zero attached hydrogens (tertiary/aromatic N) is 3. The summed E-state index contributed by atoms with van der Waals surface area (Å²) in [5.74, 6) is 7.49. The zero-order valence-electron chi connectivity index (χ0n) is 28.2. The number of aromatic nitrogens is 3. The number of benzene rings is 4. The molecule has 1 saturated carbocycles. The van der Waals surface area contributed by atoms with E-state index in [1.54, 1.807) is 22.7 Å². The number of hydrogen-bond donors (Lipinski definition) is 0. The Balaban J connectivity index is 1.76. The van der Waals surface area contributed by atoms with Crippen molar-refractivity contribution in [1.82, 2.24) is 15.0 Å².